The summed E-state index contributed by atoms with van der Waals surface area (Å²) in [5, 5.41) is 11.5. The van der Waals surface area contributed by atoms with Gasteiger partial charge in [0, 0.05) is 12.6 Å². The number of rotatable bonds is 3. The SMILES string of the molecule is CC(C)(C)OC(=O)NC1CC(CCO)C1. The Hall–Kier alpha value is -0.770. The van der Waals surface area contributed by atoms with Crippen molar-refractivity contribution < 1.29 is 14.6 Å². The highest BCUT2D eigenvalue weighted by Gasteiger charge is 2.30. The van der Waals surface area contributed by atoms with E-state index in [2.05, 4.69) is 5.32 Å². The van der Waals surface area contributed by atoms with Gasteiger partial charge in [-0.1, -0.05) is 0 Å². The maximum atomic E-state index is 11.3. The number of nitrogens with one attached hydrogen (secondary N) is 1. The van der Waals surface area contributed by atoms with Gasteiger partial charge in [0.15, 0.2) is 0 Å². The molecule has 4 heteroatoms. The first-order valence-electron chi connectivity index (χ1n) is 5.51. The highest BCUT2D eigenvalue weighted by atomic mass is 16.6. The predicted octanol–water partition coefficient (Wildman–Crippen LogP) is 1.67. The minimum atomic E-state index is -0.432. The molecule has 1 fully saturated rings. The van der Waals surface area contributed by atoms with Crippen LogP contribution >= 0.6 is 0 Å². The summed E-state index contributed by atoms with van der Waals surface area (Å²) in [6.07, 6.45) is 2.42. The minimum Gasteiger partial charge on any atom is -0.444 e. The van der Waals surface area contributed by atoms with Crippen molar-refractivity contribution in [3.63, 3.8) is 0 Å². The molecule has 1 amide bonds. The zero-order chi connectivity index (χ0) is 11.5. The van der Waals surface area contributed by atoms with E-state index in [0.29, 0.717) is 5.92 Å². The van der Waals surface area contributed by atoms with Gasteiger partial charge in [-0.05, 0) is 46.0 Å². The second-order valence-corrected chi connectivity index (χ2v) is 5.19. The number of alkyl carbamates (subject to hydrolysis) is 1. The van der Waals surface area contributed by atoms with E-state index < -0.39 is 5.60 Å². The molecule has 0 bridgehead atoms. The Morgan fingerprint density at radius 1 is 1.47 bits per heavy atom. The van der Waals surface area contributed by atoms with Crippen LogP contribution in [0.25, 0.3) is 0 Å². The Labute approximate surface area is 91.0 Å². The van der Waals surface area contributed by atoms with Gasteiger partial charge in [0.05, 0.1) is 0 Å². The molecule has 0 saturated heterocycles. The third-order valence-corrected chi connectivity index (χ3v) is 2.49. The van der Waals surface area contributed by atoms with Gasteiger partial charge < -0.3 is 15.2 Å². The van der Waals surface area contributed by atoms with Gasteiger partial charge in [0.1, 0.15) is 5.60 Å². The number of hydrogen-bond donors (Lipinski definition) is 2. The van der Waals surface area contributed by atoms with Crippen LogP contribution in [-0.2, 0) is 4.74 Å². The lowest BCUT2D eigenvalue weighted by atomic mass is 9.78. The van der Waals surface area contributed by atoms with E-state index >= 15 is 0 Å². The van der Waals surface area contributed by atoms with Crippen LogP contribution in [0.2, 0.25) is 0 Å². The summed E-state index contributed by atoms with van der Waals surface area (Å²) in [4.78, 5) is 11.3. The van der Waals surface area contributed by atoms with Gasteiger partial charge in [0.2, 0.25) is 0 Å². The van der Waals surface area contributed by atoms with Crippen molar-refractivity contribution >= 4 is 6.09 Å². The molecule has 88 valence electrons. The lowest BCUT2D eigenvalue weighted by molar-refractivity contribution is 0.0443. The van der Waals surface area contributed by atoms with Crippen LogP contribution in [0, 0.1) is 5.92 Å². The van der Waals surface area contributed by atoms with E-state index in [-0.39, 0.29) is 18.7 Å². The molecule has 2 N–H and O–H groups in total. The molecule has 0 aromatic heterocycles. The molecular formula is C11H21NO3. The Kier molecular flexibility index (Phi) is 3.97. The summed E-state index contributed by atoms with van der Waals surface area (Å²) in [6, 6.07) is 0.233. The lowest BCUT2D eigenvalue weighted by Crippen LogP contribution is -2.46. The molecule has 0 aliphatic heterocycles. The van der Waals surface area contributed by atoms with Crippen molar-refractivity contribution in [3.8, 4) is 0 Å². The summed E-state index contributed by atoms with van der Waals surface area (Å²) in [5.41, 5.74) is -0.432. The van der Waals surface area contributed by atoms with Crippen molar-refractivity contribution in [2.24, 2.45) is 5.92 Å². The first kappa shape index (κ1) is 12.3. The first-order chi connectivity index (χ1) is 6.90. The molecule has 0 aromatic rings. The van der Waals surface area contributed by atoms with E-state index in [4.69, 9.17) is 9.84 Å². The van der Waals surface area contributed by atoms with Crippen LogP contribution in [0.4, 0.5) is 4.79 Å². The molecule has 0 radical (unpaired) electrons. The molecule has 4 nitrogen and oxygen atoms in total. The summed E-state index contributed by atoms with van der Waals surface area (Å²) < 4.78 is 5.14. The van der Waals surface area contributed by atoms with Crippen LogP contribution in [-0.4, -0.2) is 29.4 Å². The maximum absolute atomic E-state index is 11.3. The third kappa shape index (κ3) is 4.51. The molecule has 0 heterocycles. The van der Waals surface area contributed by atoms with E-state index in [1.165, 1.54) is 0 Å². The lowest BCUT2D eigenvalue weighted by Gasteiger charge is -2.35. The van der Waals surface area contributed by atoms with E-state index in [1.807, 2.05) is 20.8 Å². The average molecular weight is 215 g/mol. The minimum absolute atomic E-state index is 0.233. The van der Waals surface area contributed by atoms with Gasteiger partial charge in [0.25, 0.3) is 0 Å². The number of aliphatic hydroxyl groups is 1. The summed E-state index contributed by atoms with van der Waals surface area (Å²) in [7, 11) is 0. The zero-order valence-corrected chi connectivity index (χ0v) is 9.75. The number of aliphatic hydroxyl groups excluding tert-OH is 1. The fourth-order valence-corrected chi connectivity index (χ4v) is 1.75. The molecular weight excluding hydrogens is 194 g/mol. The van der Waals surface area contributed by atoms with Crippen LogP contribution in [0.15, 0.2) is 0 Å². The van der Waals surface area contributed by atoms with Gasteiger partial charge in [-0.2, -0.15) is 0 Å². The molecule has 1 aliphatic carbocycles. The molecule has 0 unspecified atom stereocenters. The molecule has 1 rings (SSSR count). The first-order valence-corrected chi connectivity index (χ1v) is 5.51. The smallest absolute Gasteiger partial charge is 0.407 e. The number of carbonyl (C=O) groups is 1. The second-order valence-electron chi connectivity index (χ2n) is 5.19. The third-order valence-electron chi connectivity index (χ3n) is 2.49. The molecule has 15 heavy (non-hydrogen) atoms. The van der Waals surface area contributed by atoms with E-state index in [1.54, 1.807) is 0 Å². The van der Waals surface area contributed by atoms with Crippen molar-refractivity contribution in [3.05, 3.63) is 0 Å². The molecule has 0 aromatic carbocycles. The van der Waals surface area contributed by atoms with E-state index in [9.17, 15) is 4.79 Å². The summed E-state index contributed by atoms with van der Waals surface area (Å²) in [5.74, 6) is 0.565. The zero-order valence-electron chi connectivity index (χ0n) is 9.75. The van der Waals surface area contributed by atoms with Crippen molar-refractivity contribution in [2.75, 3.05) is 6.61 Å². The molecule has 0 spiro atoms. The van der Waals surface area contributed by atoms with Crippen LogP contribution in [0.3, 0.4) is 0 Å². The van der Waals surface area contributed by atoms with E-state index in [0.717, 1.165) is 19.3 Å². The fraction of sp³-hybridized carbons (Fsp3) is 0.909. The summed E-state index contributed by atoms with van der Waals surface area (Å²) >= 11 is 0. The van der Waals surface area contributed by atoms with Crippen LogP contribution in [0.5, 0.6) is 0 Å². The molecule has 1 aliphatic rings. The average Bonchev–Trinajstić information content (AvgIpc) is 1.97. The Morgan fingerprint density at radius 3 is 2.53 bits per heavy atom. The normalized spacial score (nSPS) is 25.6. The Morgan fingerprint density at radius 2 is 2.07 bits per heavy atom. The number of amides is 1. The van der Waals surface area contributed by atoms with Gasteiger partial charge >= 0.3 is 6.09 Å². The number of hydrogen-bond acceptors (Lipinski definition) is 3. The van der Waals surface area contributed by atoms with Gasteiger partial charge in [-0.25, -0.2) is 4.79 Å². The van der Waals surface area contributed by atoms with Gasteiger partial charge in [-0.15, -0.1) is 0 Å². The Balaban J connectivity index is 2.14. The van der Waals surface area contributed by atoms with Crippen LogP contribution in [0.1, 0.15) is 40.0 Å². The molecule has 1 saturated carbocycles. The van der Waals surface area contributed by atoms with Crippen molar-refractivity contribution in [1.29, 1.82) is 0 Å². The maximum Gasteiger partial charge on any atom is 0.407 e. The largest absolute Gasteiger partial charge is 0.444 e. The Bertz CT molecular complexity index is 216. The second kappa shape index (κ2) is 4.84. The topological polar surface area (TPSA) is 58.6 Å². The molecule has 0 atom stereocenters. The predicted molar refractivity (Wildman–Crippen MR) is 57.6 cm³/mol. The highest BCUT2D eigenvalue weighted by Crippen LogP contribution is 2.30. The fourth-order valence-electron chi connectivity index (χ4n) is 1.75. The standard InChI is InChI=1S/C11H21NO3/c1-11(2,3)15-10(14)12-9-6-8(7-9)4-5-13/h8-9,13H,4-7H2,1-3H3,(H,12,14). The number of carbonyl (C=O) groups excluding carboxylic acids is 1. The van der Waals surface area contributed by atoms with Crippen molar-refractivity contribution in [2.45, 2.75) is 51.7 Å². The highest BCUT2D eigenvalue weighted by molar-refractivity contribution is 5.68. The van der Waals surface area contributed by atoms with Gasteiger partial charge in [-0.3, -0.25) is 0 Å². The number of ether oxygens (including phenoxy) is 1. The monoisotopic (exact) mass is 215 g/mol. The summed E-state index contributed by atoms with van der Waals surface area (Å²) in [6.45, 7) is 5.79. The van der Waals surface area contributed by atoms with Crippen LogP contribution < -0.4 is 5.32 Å². The van der Waals surface area contributed by atoms with Crippen molar-refractivity contribution in [1.82, 2.24) is 5.32 Å². The quantitative estimate of drug-likeness (QED) is 0.753.